The molecule has 6 heteroatoms. The summed E-state index contributed by atoms with van der Waals surface area (Å²) in [5.74, 6) is 0. The predicted octanol–water partition coefficient (Wildman–Crippen LogP) is 2.57. The van der Waals surface area contributed by atoms with Crippen molar-refractivity contribution in [1.29, 1.82) is 0 Å². The van der Waals surface area contributed by atoms with Crippen LogP contribution >= 0.6 is 0 Å². The molecule has 0 saturated carbocycles. The zero-order valence-corrected chi connectivity index (χ0v) is 10.5. The molecule has 0 radical (unpaired) electrons. The number of nitrogens with one attached hydrogen (secondary N) is 1. The third-order valence-corrected chi connectivity index (χ3v) is 2.02. The number of carboxylic acid groups (broad SMARTS) is 2. The fraction of sp³-hybridized carbons (Fsp3) is 0.500. The molecule has 104 valence electrons. The van der Waals surface area contributed by atoms with Gasteiger partial charge in [0, 0.05) is 0 Å². The van der Waals surface area contributed by atoms with Gasteiger partial charge in [-0.1, -0.05) is 25.0 Å². The van der Waals surface area contributed by atoms with E-state index in [0.29, 0.717) is 0 Å². The van der Waals surface area contributed by atoms with Gasteiger partial charge in [0.25, 0.3) is 0 Å². The Bertz CT molecular complexity index is 263. The molecule has 0 aromatic heterocycles. The van der Waals surface area contributed by atoms with E-state index in [9.17, 15) is 4.79 Å². The number of primary amides is 1. The zero-order chi connectivity index (χ0) is 14.4. The minimum absolute atomic E-state index is 0.115. The van der Waals surface area contributed by atoms with Gasteiger partial charge in [0.15, 0.2) is 0 Å². The number of amides is 2. The molecule has 0 spiro atoms. The fourth-order valence-electron chi connectivity index (χ4n) is 1.24. The van der Waals surface area contributed by atoms with Gasteiger partial charge in [0.1, 0.15) is 0 Å². The second-order valence-corrected chi connectivity index (χ2v) is 3.56. The number of hydrogen-bond acceptors (Lipinski definition) is 2. The summed E-state index contributed by atoms with van der Waals surface area (Å²) < 4.78 is 0. The Labute approximate surface area is 107 Å². The molecule has 0 aliphatic heterocycles. The third-order valence-electron chi connectivity index (χ3n) is 2.02. The highest BCUT2D eigenvalue weighted by Crippen LogP contribution is 2.06. The lowest BCUT2D eigenvalue weighted by molar-refractivity contribution is 0.191. The Balaban J connectivity index is 0. The van der Waals surface area contributed by atoms with Crippen molar-refractivity contribution in [3.8, 4) is 0 Å². The van der Waals surface area contributed by atoms with E-state index in [1.165, 1.54) is 0 Å². The monoisotopic (exact) mass is 258 g/mol. The largest absolute Gasteiger partial charge is 0.465 e. The molecular formula is C12H22N2O4. The third kappa shape index (κ3) is 19.6. The van der Waals surface area contributed by atoms with E-state index in [1.54, 1.807) is 6.08 Å². The molecule has 0 aromatic rings. The first-order chi connectivity index (χ1) is 8.43. The first-order valence-corrected chi connectivity index (χ1v) is 5.65. The van der Waals surface area contributed by atoms with Crippen LogP contribution in [-0.4, -0.2) is 28.4 Å². The molecule has 0 rings (SSSR count). The summed E-state index contributed by atoms with van der Waals surface area (Å²) in [4.78, 5) is 19.1. The van der Waals surface area contributed by atoms with Crippen LogP contribution in [0, 0.1) is 0 Å². The molecule has 0 aliphatic carbocycles. The van der Waals surface area contributed by atoms with E-state index in [1.807, 2.05) is 6.08 Å². The maximum atomic E-state index is 10.3. The Morgan fingerprint density at radius 2 is 1.78 bits per heavy atom. The van der Waals surface area contributed by atoms with Crippen molar-refractivity contribution in [2.75, 3.05) is 0 Å². The van der Waals surface area contributed by atoms with Gasteiger partial charge in [-0.3, -0.25) is 0 Å². The van der Waals surface area contributed by atoms with Crippen molar-refractivity contribution in [3.63, 3.8) is 0 Å². The topological polar surface area (TPSA) is 113 Å². The molecule has 0 aromatic carbocycles. The quantitative estimate of drug-likeness (QED) is 0.396. The van der Waals surface area contributed by atoms with E-state index in [0.717, 1.165) is 32.1 Å². The highest BCUT2D eigenvalue weighted by Gasteiger charge is 2.05. The molecule has 0 fully saturated rings. The van der Waals surface area contributed by atoms with Crippen molar-refractivity contribution < 1.29 is 19.8 Å². The first kappa shape index (κ1) is 18.4. The van der Waals surface area contributed by atoms with Crippen molar-refractivity contribution in [1.82, 2.24) is 5.32 Å². The Kier molecular flexibility index (Phi) is 13.4. The fourth-order valence-corrected chi connectivity index (χ4v) is 1.24. The summed E-state index contributed by atoms with van der Waals surface area (Å²) in [6.07, 6.45) is 6.34. The van der Waals surface area contributed by atoms with Gasteiger partial charge in [-0.2, -0.15) is 0 Å². The Morgan fingerprint density at radius 1 is 1.22 bits per heavy atom. The predicted molar refractivity (Wildman–Crippen MR) is 70.6 cm³/mol. The molecule has 0 aliphatic rings. The van der Waals surface area contributed by atoms with E-state index >= 15 is 0 Å². The molecule has 18 heavy (non-hydrogen) atoms. The van der Waals surface area contributed by atoms with Crippen LogP contribution in [0.1, 0.15) is 32.1 Å². The lowest BCUT2D eigenvalue weighted by atomic mass is 10.1. The molecule has 6 nitrogen and oxygen atoms in total. The minimum atomic E-state index is -1.33. The van der Waals surface area contributed by atoms with E-state index in [4.69, 9.17) is 15.0 Å². The SMILES string of the molecule is C=CCCCCCC(C=C)NC(=O)O.NC(=O)O. The number of allylic oxidation sites excluding steroid dienone is 1. The second-order valence-electron chi connectivity index (χ2n) is 3.56. The molecule has 0 saturated heterocycles. The standard InChI is InChI=1S/C11H19NO2.CH3NO2/c1-3-5-6-7-8-9-10(4-2)12-11(13)14;2-1(3)4/h3-4,10,12H,1-2,5-9H2,(H,13,14);2H2,(H,3,4). The van der Waals surface area contributed by atoms with Crippen molar-refractivity contribution in [2.24, 2.45) is 5.73 Å². The van der Waals surface area contributed by atoms with Gasteiger partial charge in [0.05, 0.1) is 6.04 Å². The molecule has 1 unspecified atom stereocenters. The summed E-state index contributed by atoms with van der Waals surface area (Å²) in [5, 5.41) is 18.1. The van der Waals surface area contributed by atoms with Gasteiger partial charge >= 0.3 is 12.2 Å². The minimum Gasteiger partial charge on any atom is -0.465 e. The lowest BCUT2D eigenvalue weighted by Crippen LogP contribution is -2.31. The van der Waals surface area contributed by atoms with Crippen LogP contribution in [0.3, 0.4) is 0 Å². The van der Waals surface area contributed by atoms with Crippen LogP contribution in [-0.2, 0) is 0 Å². The van der Waals surface area contributed by atoms with Gasteiger partial charge in [-0.25, -0.2) is 9.59 Å². The maximum absolute atomic E-state index is 10.3. The van der Waals surface area contributed by atoms with E-state index < -0.39 is 12.2 Å². The summed E-state index contributed by atoms with van der Waals surface area (Å²) >= 11 is 0. The molecular weight excluding hydrogens is 236 g/mol. The van der Waals surface area contributed by atoms with Gasteiger partial charge in [-0.05, 0) is 19.3 Å². The Morgan fingerprint density at radius 3 is 2.17 bits per heavy atom. The average molecular weight is 258 g/mol. The summed E-state index contributed by atoms with van der Waals surface area (Å²) in [6.45, 7) is 7.23. The Hall–Kier alpha value is -1.98. The van der Waals surface area contributed by atoms with Crippen molar-refractivity contribution >= 4 is 12.2 Å². The van der Waals surface area contributed by atoms with Crippen LogP contribution in [0.25, 0.3) is 0 Å². The van der Waals surface area contributed by atoms with Gasteiger partial charge in [-0.15, -0.1) is 13.2 Å². The van der Waals surface area contributed by atoms with Crippen LogP contribution < -0.4 is 11.1 Å². The number of nitrogens with two attached hydrogens (primary N) is 1. The van der Waals surface area contributed by atoms with E-state index in [2.05, 4.69) is 24.2 Å². The van der Waals surface area contributed by atoms with Gasteiger partial charge in [0.2, 0.25) is 0 Å². The van der Waals surface area contributed by atoms with Crippen LogP contribution in [0.15, 0.2) is 25.3 Å². The second kappa shape index (κ2) is 13.1. The maximum Gasteiger partial charge on any atom is 0.405 e. The summed E-state index contributed by atoms with van der Waals surface area (Å²) in [6, 6.07) is -0.115. The number of hydrogen-bond donors (Lipinski definition) is 4. The highest BCUT2D eigenvalue weighted by atomic mass is 16.4. The summed E-state index contributed by atoms with van der Waals surface area (Å²) in [5.41, 5.74) is 4.03. The molecule has 0 heterocycles. The van der Waals surface area contributed by atoms with E-state index in [-0.39, 0.29) is 6.04 Å². The average Bonchev–Trinajstić information content (AvgIpc) is 2.26. The number of carbonyl (C=O) groups is 2. The molecule has 0 bridgehead atoms. The number of rotatable bonds is 8. The smallest absolute Gasteiger partial charge is 0.405 e. The molecule has 1 atom stereocenters. The van der Waals surface area contributed by atoms with Crippen molar-refractivity contribution in [2.45, 2.75) is 38.1 Å². The first-order valence-electron chi connectivity index (χ1n) is 5.65. The van der Waals surface area contributed by atoms with Crippen LogP contribution in [0.4, 0.5) is 9.59 Å². The molecule has 2 amide bonds. The van der Waals surface area contributed by atoms with Crippen molar-refractivity contribution in [3.05, 3.63) is 25.3 Å². The lowest BCUT2D eigenvalue weighted by Gasteiger charge is -2.11. The van der Waals surface area contributed by atoms with Crippen LogP contribution in [0.5, 0.6) is 0 Å². The zero-order valence-electron chi connectivity index (χ0n) is 10.5. The summed E-state index contributed by atoms with van der Waals surface area (Å²) in [7, 11) is 0. The number of unbranched alkanes of at least 4 members (excludes halogenated alkanes) is 3. The highest BCUT2D eigenvalue weighted by molar-refractivity contribution is 5.65. The van der Waals surface area contributed by atoms with Gasteiger partial charge < -0.3 is 21.3 Å². The molecule has 5 N–H and O–H groups in total. The normalized spacial score (nSPS) is 10.4. The van der Waals surface area contributed by atoms with Crippen LogP contribution in [0.2, 0.25) is 0 Å².